The second kappa shape index (κ2) is 5.92. The number of rotatable bonds is 3. The third-order valence-electron chi connectivity index (χ3n) is 4.44. The van der Waals surface area contributed by atoms with Gasteiger partial charge in [0, 0.05) is 5.56 Å². The minimum Gasteiger partial charge on any atom is -0.345 e. The van der Waals surface area contributed by atoms with E-state index in [4.69, 9.17) is 0 Å². The number of nitrogens with zero attached hydrogens (tertiary/aromatic N) is 1. The van der Waals surface area contributed by atoms with Gasteiger partial charge in [0.05, 0.1) is 23.5 Å². The van der Waals surface area contributed by atoms with Gasteiger partial charge in [-0.25, -0.2) is 4.39 Å². The van der Waals surface area contributed by atoms with E-state index >= 15 is 0 Å². The normalized spacial score (nSPS) is 16.0. The zero-order valence-electron chi connectivity index (χ0n) is 12.9. The molecule has 2 N–H and O–H groups in total. The van der Waals surface area contributed by atoms with E-state index < -0.39 is 0 Å². The zero-order chi connectivity index (χ0) is 16.5. The molecule has 0 radical (unpaired) electrons. The number of hydrogen-bond acceptors (Lipinski definition) is 2. The number of aromatic nitrogens is 2. The largest absolute Gasteiger partial charge is 0.345 e. The Hall–Kier alpha value is -2.95. The van der Waals surface area contributed by atoms with E-state index in [0.717, 1.165) is 29.5 Å². The highest BCUT2D eigenvalue weighted by Crippen LogP contribution is 2.32. The van der Waals surface area contributed by atoms with Gasteiger partial charge in [0.2, 0.25) is 0 Å². The molecule has 4 nitrogen and oxygen atoms in total. The van der Waals surface area contributed by atoms with Crippen LogP contribution in [0.2, 0.25) is 0 Å². The van der Waals surface area contributed by atoms with E-state index in [1.807, 2.05) is 30.3 Å². The van der Waals surface area contributed by atoms with Crippen molar-refractivity contribution in [1.82, 2.24) is 15.5 Å². The summed E-state index contributed by atoms with van der Waals surface area (Å²) in [6, 6.07) is 14.2. The standard InChI is InChI=1S/C19H16FN3O/c20-14-8-6-12-7-9-17(15(12)10-14)22-19(24)16-11-21-23-18(16)13-4-2-1-3-5-13/h1-6,8,10-11,17H,7,9H2,(H,21,23)(H,22,24). The van der Waals surface area contributed by atoms with E-state index in [1.165, 1.54) is 18.3 Å². The molecule has 3 aromatic rings. The van der Waals surface area contributed by atoms with Crippen LogP contribution in [0.1, 0.15) is 33.9 Å². The summed E-state index contributed by atoms with van der Waals surface area (Å²) in [5.41, 5.74) is 4.04. The highest BCUT2D eigenvalue weighted by Gasteiger charge is 2.26. The number of aromatic amines is 1. The molecule has 5 heteroatoms. The lowest BCUT2D eigenvalue weighted by atomic mass is 10.1. The Morgan fingerprint density at radius 1 is 1.21 bits per heavy atom. The minimum atomic E-state index is -0.275. The minimum absolute atomic E-state index is 0.165. The predicted molar refractivity (Wildman–Crippen MR) is 89.0 cm³/mol. The van der Waals surface area contributed by atoms with Gasteiger partial charge in [-0.3, -0.25) is 9.89 Å². The first-order chi connectivity index (χ1) is 11.7. The summed E-state index contributed by atoms with van der Waals surface area (Å²) in [6.07, 6.45) is 3.15. The van der Waals surface area contributed by atoms with E-state index in [1.54, 1.807) is 6.07 Å². The second-order valence-electron chi connectivity index (χ2n) is 5.93. The van der Waals surface area contributed by atoms with Crippen LogP contribution in [-0.2, 0) is 6.42 Å². The molecular weight excluding hydrogens is 305 g/mol. The van der Waals surface area contributed by atoms with Crippen LogP contribution in [-0.4, -0.2) is 16.1 Å². The first-order valence-corrected chi connectivity index (χ1v) is 7.90. The maximum absolute atomic E-state index is 13.5. The van der Waals surface area contributed by atoms with Crippen LogP contribution in [0.25, 0.3) is 11.3 Å². The Morgan fingerprint density at radius 3 is 2.88 bits per heavy atom. The number of fused-ring (bicyclic) bond motifs is 1. The summed E-state index contributed by atoms with van der Waals surface area (Å²) in [5, 5.41) is 9.90. The SMILES string of the molecule is O=C(NC1CCc2ccc(F)cc21)c1cn[nH]c1-c1ccccc1. The van der Waals surface area contributed by atoms with E-state index in [-0.39, 0.29) is 17.8 Å². The van der Waals surface area contributed by atoms with Crippen molar-refractivity contribution in [3.05, 3.63) is 77.2 Å². The van der Waals surface area contributed by atoms with Crippen molar-refractivity contribution in [1.29, 1.82) is 0 Å². The quantitative estimate of drug-likeness (QED) is 0.774. The third kappa shape index (κ3) is 2.58. The number of hydrogen-bond donors (Lipinski definition) is 2. The van der Waals surface area contributed by atoms with Gasteiger partial charge in [0.1, 0.15) is 5.82 Å². The number of amides is 1. The Bertz CT molecular complexity index is 889. The molecule has 1 aromatic heterocycles. The first-order valence-electron chi connectivity index (χ1n) is 7.90. The Labute approximate surface area is 138 Å². The van der Waals surface area contributed by atoms with Crippen molar-refractivity contribution >= 4 is 5.91 Å². The van der Waals surface area contributed by atoms with Crippen molar-refractivity contribution in [2.24, 2.45) is 0 Å². The molecule has 0 spiro atoms. The maximum atomic E-state index is 13.5. The molecule has 1 atom stereocenters. The van der Waals surface area contributed by atoms with Crippen LogP contribution in [0.4, 0.5) is 4.39 Å². The van der Waals surface area contributed by atoms with E-state index in [9.17, 15) is 9.18 Å². The van der Waals surface area contributed by atoms with Gasteiger partial charge >= 0.3 is 0 Å². The van der Waals surface area contributed by atoms with E-state index in [2.05, 4.69) is 15.5 Å². The fourth-order valence-electron chi connectivity index (χ4n) is 3.24. The molecule has 24 heavy (non-hydrogen) atoms. The van der Waals surface area contributed by atoms with Crippen molar-refractivity contribution in [2.45, 2.75) is 18.9 Å². The molecule has 1 aliphatic rings. The number of aryl methyl sites for hydroxylation is 1. The topological polar surface area (TPSA) is 57.8 Å². The van der Waals surface area contributed by atoms with Crippen LogP contribution in [0.15, 0.2) is 54.7 Å². The average Bonchev–Trinajstić information content (AvgIpc) is 3.23. The highest BCUT2D eigenvalue weighted by atomic mass is 19.1. The molecule has 1 unspecified atom stereocenters. The second-order valence-corrected chi connectivity index (χ2v) is 5.93. The van der Waals surface area contributed by atoms with Crippen molar-refractivity contribution in [3.63, 3.8) is 0 Å². The van der Waals surface area contributed by atoms with Crippen LogP contribution in [0, 0.1) is 5.82 Å². The summed E-state index contributed by atoms with van der Waals surface area (Å²) in [7, 11) is 0. The smallest absolute Gasteiger partial charge is 0.255 e. The summed E-state index contributed by atoms with van der Waals surface area (Å²) in [6.45, 7) is 0. The van der Waals surface area contributed by atoms with Gasteiger partial charge < -0.3 is 5.32 Å². The average molecular weight is 321 g/mol. The van der Waals surface area contributed by atoms with Crippen molar-refractivity contribution < 1.29 is 9.18 Å². The molecular formula is C19H16FN3O. The molecule has 1 heterocycles. The Balaban J connectivity index is 1.59. The molecule has 0 bridgehead atoms. The van der Waals surface area contributed by atoms with Gasteiger partial charge in [0.25, 0.3) is 5.91 Å². The fourth-order valence-corrected chi connectivity index (χ4v) is 3.24. The van der Waals surface area contributed by atoms with Crippen LogP contribution >= 0.6 is 0 Å². The van der Waals surface area contributed by atoms with Gasteiger partial charge in [0.15, 0.2) is 0 Å². The Kier molecular flexibility index (Phi) is 3.61. The lowest BCUT2D eigenvalue weighted by molar-refractivity contribution is 0.0937. The molecule has 4 rings (SSSR count). The van der Waals surface area contributed by atoms with Crippen LogP contribution < -0.4 is 5.32 Å². The Morgan fingerprint density at radius 2 is 2.04 bits per heavy atom. The number of carbonyl (C=O) groups is 1. The number of H-pyrrole nitrogens is 1. The summed E-state index contributed by atoms with van der Waals surface area (Å²) in [5.74, 6) is -0.479. The summed E-state index contributed by atoms with van der Waals surface area (Å²) >= 11 is 0. The molecule has 0 saturated carbocycles. The fraction of sp³-hybridized carbons (Fsp3) is 0.158. The number of halogens is 1. The zero-order valence-corrected chi connectivity index (χ0v) is 12.9. The van der Waals surface area contributed by atoms with Crippen molar-refractivity contribution in [2.75, 3.05) is 0 Å². The number of benzene rings is 2. The highest BCUT2D eigenvalue weighted by molar-refractivity contribution is 6.00. The van der Waals surface area contributed by atoms with E-state index in [0.29, 0.717) is 11.3 Å². The number of carbonyl (C=O) groups excluding carboxylic acids is 1. The molecule has 0 fully saturated rings. The predicted octanol–water partition coefficient (Wildman–Crippen LogP) is 3.63. The lowest BCUT2D eigenvalue weighted by Gasteiger charge is -2.14. The molecule has 0 aliphatic heterocycles. The molecule has 1 aliphatic carbocycles. The van der Waals surface area contributed by atoms with Crippen molar-refractivity contribution in [3.8, 4) is 11.3 Å². The molecule has 0 saturated heterocycles. The first kappa shape index (κ1) is 14.6. The third-order valence-corrected chi connectivity index (χ3v) is 4.44. The molecule has 1 amide bonds. The summed E-state index contributed by atoms with van der Waals surface area (Å²) < 4.78 is 13.5. The van der Waals surface area contributed by atoms with Gasteiger partial charge in [-0.15, -0.1) is 0 Å². The molecule has 120 valence electrons. The summed E-state index contributed by atoms with van der Waals surface area (Å²) in [4.78, 5) is 12.7. The monoisotopic (exact) mass is 321 g/mol. The van der Waals surface area contributed by atoms with Gasteiger partial charge in [-0.05, 0) is 36.1 Å². The van der Waals surface area contributed by atoms with Gasteiger partial charge in [-0.2, -0.15) is 5.10 Å². The van der Waals surface area contributed by atoms with Crippen LogP contribution in [0.5, 0.6) is 0 Å². The maximum Gasteiger partial charge on any atom is 0.255 e. The lowest BCUT2D eigenvalue weighted by Crippen LogP contribution is -2.27. The van der Waals surface area contributed by atoms with Gasteiger partial charge in [-0.1, -0.05) is 36.4 Å². The number of nitrogens with one attached hydrogen (secondary N) is 2. The molecule has 2 aromatic carbocycles. The van der Waals surface area contributed by atoms with Crippen LogP contribution in [0.3, 0.4) is 0 Å².